The van der Waals surface area contributed by atoms with Gasteiger partial charge in [0, 0.05) is 50.1 Å². The lowest BCUT2D eigenvalue weighted by molar-refractivity contribution is -0.192. The molecule has 0 bridgehead atoms. The first-order valence-corrected chi connectivity index (χ1v) is 9.61. The summed E-state index contributed by atoms with van der Waals surface area (Å²) in [6.45, 7) is 9.13. The predicted octanol–water partition coefficient (Wildman–Crippen LogP) is 2.43. The maximum atomic E-state index is 12.8. The monoisotopic (exact) mass is 445 g/mol. The molecule has 1 aliphatic rings. The average Bonchev–Trinajstić information content (AvgIpc) is 3.25. The van der Waals surface area contributed by atoms with E-state index in [1.165, 1.54) is 0 Å². The number of hydrogen-bond donors (Lipinski definition) is 1. The van der Waals surface area contributed by atoms with E-state index in [4.69, 9.17) is 14.4 Å². The summed E-state index contributed by atoms with van der Waals surface area (Å²) in [4.78, 5) is 30.3. The lowest BCUT2D eigenvalue weighted by Crippen LogP contribution is -2.40. The zero-order valence-corrected chi connectivity index (χ0v) is 17.8. The summed E-state index contributed by atoms with van der Waals surface area (Å²) in [6, 6.07) is 2.16. The number of aryl methyl sites for hydroxylation is 1. The van der Waals surface area contributed by atoms with E-state index in [1.54, 1.807) is 19.2 Å². The van der Waals surface area contributed by atoms with Crippen molar-refractivity contribution in [1.29, 1.82) is 0 Å². The van der Waals surface area contributed by atoms with Crippen molar-refractivity contribution in [1.82, 2.24) is 24.5 Å². The molecule has 0 fully saturated rings. The molecule has 2 aromatic heterocycles. The van der Waals surface area contributed by atoms with E-state index in [9.17, 15) is 18.0 Å². The molecule has 0 saturated carbocycles. The number of carboxylic acids is 1. The Labute approximate surface area is 177 Å². The molecule has 2 aromatic rings. The Kier molecular flexibility index (Phi) is 7.82. The molecule has 1 atom stereocenters. The number of rotatable bonds is 4. The fraction of sp³-hybridized carbons (Fsp3) is 0.579. The molecule has 3 rings (SSSR count). The first kappa shape index (κ1) is 24.4. The summed E-state index contributed by atoms with van der Waals surface area (Å²) in [5.74, 6) is -0.957. The van der Waals surface area contributed by atoms with Crippen molar-refractivity contribution in [2.75, 3.05) is 20.1 Å². The van der Waals surface area contributed by atoms with Gasteiger partial charge in [0.05, 0.1) is 6.54 Å². The van der Waals surface area contributed by atoms with Crippen LogP contribution in [0.5, 0.6) is 0 Å². The van der Waals surface area contributed by atoms with Crippen LogP contribution >= 0.6 is 0 Å². The number of aromatic nitrogens is 3. The number of hydrogen-bond acceptors (Lipinski definition) is 6. The molecule has 1 aliphatic heterocycles. The molecule has 31 heavy (non-hydrogen) atoms. The van der Waals surface area contributed by atoms with Gasteiger partial charge in [-0.15, -0.1) is 0 Å². The van der Waals surface area contributed by atoms with Crippen LogP contribution in [-0.4, -0.2) is 73.8 Å². The molecule has 0 saturated heterocycles. The highest BCUT2D eigenvalue weighted by Gasteiger charge is 2.38. The molecule has 172 valence electrons. The fourth-order valence-electron chi connectivity index (χ4n) is 3.06. The molecule has 12 heteroatoms. The molecule has 9 nitrogen and oxygen atoms in total. The van der Waals surface area contributed by atoms with Gasteiger partial charge in [0.2, 0.25) is 0 Å². The van der Waals surface area contributed by atoms with Crippen LogP contribution < -0.4 is 0 Å². The maximum Gasteiger partial charge on any atom is 0.490 e. The van der Waals surface area contributed by atoms with Crippen LogP contribution in [0, 0.1) is 12.8 Å². The molecule has 0 radical (unpaired) electrons. The molecular weight excluding hydrogens is 419 g/mol. The largest absolute Gasteiger partial charge is 0.490 e. The second-order valence-corrected chi connectivity index (χ2v) is 7.71. The van der Waals surface area contributed by atoms with E-state index in [0.29, 0.717) is 36.5 Å². The topological polar surface area (TPSA) is 105 Å². The summed E-state index contributed by atoms with van der Waals surface area (Å²) in [5.41, 5.74) is 0.364. The van der Waals surface area contributed by atoms with Crippen LogP contribution in [0.25, 0.3) is 0 Å². The molecule has 3 heterocycles. The highest BCUT2D eigenvalue weighted by molar-refractivity contribution is 5.92. The summed E-state index contributed by atoms with van der Waals surface area (Å²) in [5, 5.41) is 11.0. The van der Waals surface area contributed by atoms with E-state index in [0.717, 1.165) is 18.9 Å². The van der Waals surface area contributed by atoms with Crippen LogP contribution in [0.4, 0.5) is 13.2 Å². The van der Waals surface area contributed by atoms with E-state index in [2.05, 4.69) is 40.5 Å². The number of carbonyl (C=O) groups excluding carboxylic acids is 1. The van der Waals surface area contributed by atoms with Crippen molar-refractivity contribution >= 4 is 11.9 Å². The first-order valence-electron chi connectivity index (χ1n) is 9.61. The molecule has 1 amide bonds. The van der Waals surface area contributed by atoms with Crippen molar-refractivity contribution < 1.29 is 32.4 Å². The molecule has 1 N–H and O–H groups in total. The zero-order chi connectivity index (χ0) is 23.3. The zero-order valence-electron chi connectivity index (χ0n) is 17.8. The van der Waals surface area contributed by atoms with Crippen LogP contribution in [0.15, 0.2) is 23.0 Å². The van der Waals surface area contributed by atoms with Gasteiger partial charge < -0.3 is 24.0 Å². The van der Waals surface area contributed by atoms with Gasteiger partial charge in [-0.25, -0.2) is 9.78 Å². The van der Waals surface area contributed by atoms with Crippen molar-refractivity contribution in [3.05, 3.63) is 35.7 Å². The smallest absolute Gasteiger partial charge is 0.475 e. The number of carboxylic acid groups (broad SMARTS) is 1. The third-order valence-electron chi connectivity index (χ3n) is 4.87. The SMILES string of the molecule is Cc1cc(C(=O)N2Cc3nccn3CC(CN(C)C(C)C)C2)no1.O=C(O)C(F)(F)F. The fourth-order valence-corrected chi connectivity index (χ4v) is 3.06. The van der Waals surface area contributed by atoms with Crippen LogP contribution in [-0.2, 0) is 17.9 Å². The van der Waals surface area contributed by atoms with Gasteiger partial charge in [-0.2, -0.15) is 13.2 Å². The van der Waals surface area contributed by atoms with E-state index >= 15 is 0 Å². The van der Waals surface area contributed by atoms with Crippen molar-refractivity contribution in [3.63, 3.8) is 0 Å². The van der Waals surface area contributed by atoms with Crippen LogP contribution in [0.2, 0.25) is 0 Å². The number of fused-ring (bicyclic) bond motifs is 1. The molecule has 1 unspecified atom stereocenters. The van der Waals surface area contributed by atoms with Gasteiger partial charge in [-0.3, -0.25) is 4.79 Å². The predicted molar refractivity (Wildman–Crippen MR) is 103 cm³/mol. The highest BCUT2D eigenvalue weighted by Crippen LogP contribution is 2.19. The Balaban J connectivity index is 0.000000423. The van der Waals surface area contributed by atoms with E-state index < -0.39 is 12.1 Å². The number of amides is 1. The molecule has 0 aromatic carbocycles. The number of nitrogens with zero attached hydrogens (tertiary/aromatic N) is 5. The molecule has 0 aliphatic carbocycles. The minimum absolute atomic E-state index is 0.0968. The van der Waals surface area contributed by atoms with Gasteiger partial charge in [0.15, 0.2) is 5.69 Å². The van der Waals surface area contributed by atoms with Gasteiger partial charge in [0.1, 0.15) is 11.6 Å². The molecular formula is C19H26F3N5O4. The van der Waals surface area contributed by atoms with Gasteiger partial charge in [-0.1, -0.05) is 5.16 Å². The number of halogens is 3. The summed E-state index contributed by atoms with van der Waals surface area (Å²) in [7, 11) is 2.12. The number of alkyl halides is 3. The van der Waals surface area contributed by atoms with Crippen LogP contribution in [0.3, 0.4) is 0 Å². The van der Waals surface area contributed by atoms with Crippen molar-refractivity contribution in [2.24, 2.45) is 5.92 Å². The van der Waals surface area contributed by atoms with Crippen molar-refractivity contribution in [3.8, 4) is 0 Å². The lowest BCUT2D eigenvalue weighted by atomic mass is 10.1. The summed E-state index contributed by atoms with van der Waals surface area (Å²) >= 11 is 0. The Morgan fingerprint density at radius 3 is 2.52 bits per heavy atom. The Bertz CT molecular complexity index is 893. The quantitative estimate of drug-likeness (QED) is 0.771. The van der Waals surface area contributed by atoms with Gasteiger partial charge in [-0.05, 0) is 27.8 Å². The number of aliphatic carboxylic acids is 1. The Morgan fingerprint density at radius 1 is 1.35 bits per heavy atom. The van der Waals surface area contributed by atoms with E-state index in [1.807, 2.05) is 11.1 Å². The molecule has 0 spiro atoms. The number of imidazole rings is 1. The minimum Gasteiger partial charge on any atom is -0.475 e. The van der Waals surface area contributed by atoms with Gasteiger partial charge in [0.25, 0.3) is 5.91 Å². The average molecular weight is 445 g/mol. The van der Waals surface area contributed by atoms with Crippen molar-refractivity contribution in [2.45, 2.75) is 46.1 Å². The maximum absolute atomic E-state index is 12.8. The third-order valence-corrected chi connectivity index (χ3v) is 4.87. The van der Waals surface area contributed by atoms with E-state index in [-0.39, 0.29) is 5.91 Å². The first-order chi connectivity index (χ1) is 14.4. The van der Waals surface area contributed by atoms with Crippen LogP contribution in [0.1, 0.15) is 35.9 Å². The Hall–Kier alpha value is -2.89. The summed E-state index contributed by atoms with van der Waals surface area (Å²) in [6.07, 6.45) is -1.29. The highest BCUT2D eigenvalue weighted by atomic mass is 19.4. The standard InChI is InChI=1S/C17H25N5O2.C2HF3O2/c1-12(2)20(4)8-14-9-21-6-5-18-16(21)11-22(10-14)17(23)15-7-13(3)24-19-15;3-2(4,5)1(6)7/h5-7,12,14H,8-11H2,1-4H3;(H,6,7). The second kappa shape index (κ2) is 9.94. The van der Waals surface area contributed by atoms with Gasteiger partial charge >= 0.3 is 12.1 Å². The second-order valence-electron chi connectivity index (χ2n) is 7.71. The third kappa shape index (κ3) is 6.81. The Morgan fingerprint density at radius 2 is 2.00 bits per heavy atom. The lowest BCUT2D eigenvalue weighted by Gasteiger charge is -2.29. The normalized spacial score (nSPS) is 16.5. The minimum atomic E-state index is -5.08. The number of carbonyl (C=O) groups is 2. The summed E-state index contributed by atoms with van der Waals surface area (Å²) < 4.78 is 38.9.